The number of carbonyl (C=O) groups excluding carboxylic acids is 1. The molecule has 9 heteroatoms. The van der Waals surface area contributed by atoms with Crippen molar-refractivity contribution in [1.29, 1.82) is 0 Å². The van der Waals surface area contributed by atoms with E-state index in [4.69, 9.17) is 0 Å². The molecule has 2 saturated heterocycles. The molecule has 0 N–H and O–H groups in total. The quantitative estimate of drug-likeness (QED) is 0.766. The van der Waals surface area contributed by atoms with Crippen molar-refractivity contribution in [3.63, 3.8) is 0 Å². The zero-order chi connectivity index (χ0) is 20.6. The maximum atomic E-state index is 13.0. The van der Waals surface area contributed by atoms with Crippen molar-refractivity contribution >= 4 is 11.9 Å². The predicted octanol–water partition coefficient (Wildman–Crippen LogP) is 2.72. The van der Waals surface area contributed by atoms with Crippen LogP contribution in [0.1, 0.15) is 43.5 Å². The molecule has 3 heterocycles. The Labute approximate surface area is 169 Å². The van der Waals surface area contributed by atoms with Crippen molar-refractivity contribution in [2.24, 2.45) is 5.92 Å². The fraction of sp³-hybridized carbons (Fsp3) is 0.750. The largest absolute Gasteiger partial charge is 0.433 e. The standard InChI is InChI=1S/C20H28F3N5O/c1-14-13-17(20(21,22)23)25-19(24-14)28-11-9-26(10-12-28)16-5-7-27(8-6-16)18(29)15-3-2-4-15/h13,15-16H,2-12H2,1H3. The Morgan fingerprint density at radius 3 is 2.21 bits per heavy atom. The number of amides is 1. The van der Waals surface area contributed by atoms with Gasteiger partial charge in [0.15, 0.2) is 0 Å². The third kappa shape index (κ3) is 4.49. The van der Waals surface area contributed by atoms with Crippen LogP contribution >= 0.6 is 0 Å². The van der Waals surface area contributed by atoms with Crippen LogP contribution in [0.3, 0.4) is 0 Å². The maximum Gasteiger partial charge on any atom is 0.433 e. The number of piperazine rings is 1. The fourth-order valence-electron chi connectivity index (χ4n) is 4.49. The first-order chi connectivity index (χ1) is 13.8. The lowest BCUT2D eigenvalue weighted by Gasteiger charge is -2.43. The Morgan fingerprint density at radius 2 is 1.66 bits per heavy atom. The number of hydrogen-bond acceptors (Lipinski definition) is 5. The van der Waals surface area contributed by atoms with E-state index in [9.17, 15) is 18.0 Å². The molecule has 0 radical (unpaired) electrons. The van der Waals surface area contributed by atoms with Crippen molar-refractivity contribution in [2.75, 3.05) is 44.2 Å². The number of piperidine rings is 1. The molecule has 1 aromatic rings. The molecule has 2 aliphatic heterocycles. The van der Waals surface area contributed by atoms with E-state index in [0.29, 0.717) is 30.7 Å². The molecule has 0 atom stereocenters. The second-order valence-electron chi connectivity index (χ2n) is 8.40. The average Bonchev–Trinajstić information content (AvgIpc) is 2.66. The molecule has 1 aromatic heterocycles. The van der Waals surface area contributed by atoms with Gasteiger partial charge in [0.05, 0.1) is 0 Å². The molecule has 6 nitrogen and oxygen atoms in total. The predicted molar refractivity (Wildman–Crippen MR) is 103 cm³/mol. The molecular weight excluding hydrogens is 383 g/mol. The highest BCUT2D eigenvalue weighted by Crippen LogP contribution is 2.31. The van der Waals surface area contributed by atoms with Crippen LogP contribution in [0.25, 0.3) is 0 Å². The van der Waals surface area contributed by atoms with Crippen LogP contribution in [0.2, 0.25) is 0 Å². The second-order valence-corrected chi connectivity index (χ2v) is 8.40. The van der Waals surface area contributed by atoms with E-state index in [2.05, 4.69) is 14.9 Å². The lowest BCUT2D eigenvalue weighted by atomic mass is 9.84. The van der Waals surface area contributed by atoms with Crippen LogP contribution in [-0.2, 0) is 11.0 Å². The molecule has 0 bridgehead atoms. The summed E-state index contributed by atoms with van der Waals surface area (Å²) in [6, 6.07) is 1.42. The van der Waals surface area contributed by atoms with Gasteiger partial charge in [0.1, 0.15) is 5.69 Å². The second kappa shape index (κ2) is 8.08. The number of aromatic nitrogens is 2. The number of halogens is 3. The van der Waals surface area contributed by atoms with Gasteiger partial charge >= 0.3 is 6.18 Å². The minimum atomic E-state index is -4.46. The van der Waals surface area contributed by atoms with Crippen LogP contribution in [0.5, 0.6) is 0 Å². The zero-order valence-corrected chi connectivity index (χ0v) is 16.8. The van der Waals surface area contributed by atoms with E-state index < -0.39 is 11.9 Å². The minimum Gasteiger partial charge on any atom is -0.342 e. The third-order valence-corrected chi connectivity index (χ3v) is 6.48. The number of hydrogen-bond donors (Lipinski definition) is 0. The molecule has 29 heavy (non-hydrogen) atoms. The van der Waals surface area contributed by atoms with Crippen LogP contribution in [0.4, 0.5) is 19.1 Å². The van der Waals surface area contributed by atoms with Crippen molar-refractivity contribution in [3.05, 3.63) is 17.5 Å². The van der Waals surface area contributed by atoms with Gasteiger partial charge in [-0.3, -0.25) is 9.69 Å². The van der Waals surface area contributed by atoms with Gasteiger partial charge in [0, 0.05) is 56.9 Å². The van der Waals surface area contributed by atoms with Crippen LogP contribution in [0, 0.1) is 12.8 Å². The Hall–Kier alpha value is -1.90. The monoisotopic (exact) mass is 411 g/mol. The number of aryl methyl sites for hydroxylation is 1. The Morgan fingerprint density at radius 1 is 1.00 bits per heavy atom. The Bertz CT molecular complexity index is 736. The highest BCUT2D eigenvalue weighted by molar-refractivity contribution is 5.79. The number of alkyl halides is 3. The summed E-state index contributed by atoms with van der Waals surface area (Å²) in [4.78, 5) is 26.6. The summed E-state index contributed by atoms with van der Waals surface area (Å²) in [5.41, 5.74) is -0.556. The molecular formula is C20H28F3N5O. The van der Waals surface area contributed by atoms with E-state index in [1.165, 1.54) is 6.42 Å². The third-order valence-electron chi connectivity index (χ3n) is 6.48. The van der Waals surface area contributed by atoms with Crippen LogP contribution in [-0.4, -0.2) is 71.0 Å². The van der Waals surface area contributed by atoms with Gasteiger partial charge in [0.25, 0.3) is 0 Å². The van der Waals surface area contributed by atoms with Crippen molar-refractivity contribution in [2.45, 2.75) is 51.2 Å². The smallest absolute Gasteiger partial charge is 0.342 e. The first-order valence-electron chi connectivity index (χ1n) is 10.5. The fourth-order valence-corrected chi connectivity index (χ4v) is 4.49. The lowest BCUT2D eigenvalue weighted by molar-refractivity contribution is -0.141. The van der Waals surface area contributed by atoms with E-state index >= 15 is 0 Å². The van der Waals surface area contributed by atoms with E-state index in [0.717, 1.165) is 57.9 Å². The summed E-state index contributed by atoms with van der Waals surface area (Å²) in [5.74, 6) is 0.750. The zero-order valence-electron chi connectivity index (χ0n) is 16.8. The van der Waals surface area contributed by atoms with Crippen LogP contribution in [0.15, 0.2) is 6.07 Å². The van der Waals surface area contributed by atoms with Gasteiger partial charge in [0.2, 0.25) is 11.9 Å². The summed E-state index contributed by atoms with van der Waals surface area (Å²) in [7, 11) is 0. The maximum absolute atomic E-state index is 13.0. The van der Waals surface area contributed by atoms with Gasteiger partial charge in [-0.2, -0.15) is 13.2 Å². The summed E-state index contributed by atoms with van der Waals surface area (Å²) >= 11 is 0. The number of rotatable bonds is 3. The molecule has 3 aliphatic rings. The summed E-state index contributed by atoms with van der Waals surface area (Å²) in [6.07, 6.45) is 0.728. The molecule has 160 valence electrons. The minimum absolute atomic E-state index is 0.165. The van der Waals surface area contributed by atoms with E-state index in [1.54, 1.807) is 6.92 Å². The van der Waals surface area contributed by atoms with Crippen molar-refractivity contribution < 1.29 is 18.0 Å². The van der Waals surface area contributed by atoms with E-state index in [-0.39, 0.29) is 11.9 Å². The molecule has 1 amide bonds. The molecule has 4 rings (SSSR count). The SMILES string of the molecule is Cc1cc(C(F)(F)F)nc(N2CCN(C3CCN(C(=O)C4CCC4)CC3)CC2)n1. The van der Waals surface area contributed by atoms with Gasteiger partial charge in [-0.1, -0.05) is 6.42 Å². The summed E-state index contributed by atoms with van der Waals surface area (Å²) < 4.78 is 39.1. The molecule has 3 fully saturated rings. The summed E-state index contributed by atoms with van der Waals surface area (Å²) in [5, 5.41) is 0. The molecule has 1 aliphatic carbocycles. The molecule has 0 spiro atoms. The van der Waals surface area contributed by atoms with Crippen LogP contribution < -0.4 is 4.90 Å². The number of nitrogens with zero attached hydrogens (tertiary/aromatic N) is 5. The molecule has 1 saturated carbocycles. The summed E-state index contributed by atoms with van der Waals surface area (Å²) in [6.45, 7) is 5.98. The first kappa shape index (κ1) is 20.4. The van der Waals surface area contributed by atoms with Crippen molar-refractivity contribution in [3.8, 4) is 0 Å². The molecule has 0 unspecified atom stereocenters. The molecule has 0 aromatic carbocycles. The normalized spacial score (nSPS) is 22.6. The van der Waals surface area contributed by atoms with E-state index in [1.807, 2.05) is 9.80 Å². The van der Waals surface area contributed by atoms with Gasteiger partial charge in [-0.15, -0.1) is 0 Å². The first-order valence-corrected chi connectivity index (χ1v) is 10.5. The highest BCUT2D eigenvalue weighted by Gasteiger charge is 2.36. The average molecular weight is 411 g/mol. The topological polar surface area (TPSA) is 52.6 Å². The highest BCUT2D eigenvalue weighted by atomic mass is 19.4. The number of carbonyl (C=O) groups is 1. The number of likely N-dealkylation sites (tertiary alicyclic amines) is 1. The Balaban J connectivity index is 1.30. The van der Waals surface area contributed by atoms with Gasteiger partial charge < -0.3 is 9.80 Å². The number of anilines is 1. The Kier molecular flexibility index (Phi) is 5.68. The van der Waals surface area contributed by atoms with Crippen molar-refractivity contribution in [1.82, 2.24) is 19.8 Å². The lowest BCUT2D eigenvalue weighted by Crippen LogP contribution is -2.54. The van der Waals surface area contributed by atoms with Gasteiger partial charge in [-0.25, -0.2) is 9.97 Å². The van der Waals surface area contributed by atoms with Gasteiger partial charge in [-0.05, 0) is 38.7 Å².